The molecule has 1 aliphatic carbocycles. The molecule has 20 nitrogen and oxygen atoms in total. The molecule has 13 N–H and O–H groups in total. The molecule has 2 aliphatic rings. The van der Waals surface area contributed by atoms with Crippen molar-refractivity contribution in [1.29, 1.82) is 0 Å². The van der Waals surface area contributed by atoms with E-state index in [9.17, 15) is 43.5 Å². The number of thioether (sulfide) groups is 1. The highest BCUT2D eigenvalue weighted by molar-refractivity contribution is 7.98. The van der Waals surface area contributed by atoms with Crippen LogP contribution in [0.1, 0.15) is 111 Å². The number of carbonyl (C=O) groups is 8. The van der Waals surface area contributed by atoms with Crippen LogP contribution in [-0.2, 0) is 38.4 Å². The van der Waals surface area contributed by atoms with Gasteiger partial charge in [0.05, 0.1) is 6.61 Å². The lowest BCUT2D eigenvalue weighted by Gasteiger charge is -2.37. The van der Waals surface area contributed by atoms with Crippen molar-refractivity contribution < 1.29 is 43.5 Å². The van der Waals surface area contributed by atoms with Gasteiger partial charge in [-0.3, -0.25) is 43.3 Å². The monoisotopic (exact) mass is 882 g/mol. The largest absolute Gasteiger partial charge is 0.394 e. The summed E-state index contributed by atoms with van der Waals surface area (Å²) in [5, 5.41) is 25.9. The Bertz CT molecular complexity index is 1520. The molecule has 21 heteroatoms. The molecule has 2 rings (SSSR count). The number of nitrogens with two attached hydrogens (primary N) is 3. The van der Waals surface area contributed by atoms with Gasteiger partial charge in [0.1, 0.15) is 42.3 Å². The van der Waals surface area contributed by atoms with E-state index in [2.05, 4.69) is 36.9 Å². The SMILES string of the molecule is CSCC[C@H](NC(=O)[C@H](C)NC(=O)[C@H](CCCN=C(N)N)NC(=O)[C@H](CC1CCCCC1)NC(C)=O)C(=O)N1CCCC[C@@H]1C(=O)N[C@@H](CO)C(=O)N[C@@H](CC(C)C)C(N)=O. The molecule has 0 aromatic heterocycles. The molecule has 61 heavy (non-hydrogen) atoms. The molecular formula is C40H71N11O9S. The van der Waals surface area contributed by atoms with E-state index in [1.807, 2.05) is 20.1 Å². The van der Waals surface area contributed by atoms with Crippen LogP contribution < -0.4 is 49.1 Å². The standard InChI is InChI=1S/C40H71N11O9S/c1-23(2)20-29(33(41)54)49-37(58)31(22-52)50-38(59)32-15-9-10-18-51(32)39(60)28(16-19-61-5)48-34(55)24(3)45-35(56)27(14-11-17-44-40(42)43)47-36(57)30(46-25(4)53)21-26-12-7-6-8-13-26/h23-24,26-32,52H,6-22H2,1-5H3,(H2,41,54)(H,45,56)(H,46,53)(H,47,57)(H,48,55)(H,49,58)(H,50,59)(H4,42,43,44)/t24-,27-,28-,29-,30-,31-,32+/m0/s1. The number of aliphatic hydroxyl groups excluding tert-OH is 1. The highest BCUT2D eigenvalue weighted by Gasteiger charge is 2.38. The molecule has 2 fully saturated rings. The van der Waals surface area contributed by atoms with E-state index in [-0.39, 0.29) is 62.5 Å². The number of carbonyl (C=O) groups excluding carboxylic acids is 8. The fraction of sp³-hybridized carbons (Fsp3) is 0.775. The Morgan fingerprint density at radius 3 is 1.92 bits per heavy atom. The average molecular weight is 882 g/mol. The summed E-state index contributed by atoms with van der Waals surface area (Å²) in [6.45, 7) is 6.03. The summed E-state index contributed by atoms with van der Waals surface area (Å²) in [5.41, 5.74) is 16.4. The lowest BCUT2D eigenvalue weighted by molar-refractivity contribution is -0.146. The summed E-state index contributed by atoms with van der Waals surface area (Å²) in [5.74, 6) is -4.48. The fourth-order valence-corrected chi connectivity index (χ4v) is 8.04. The third kappa shape index (κ3) is 18.9. The molecule has 1 heterocycles. The van der Waals surface area contributed by atoms with Crippen LogP contribution in [0.3, 0.4) is 0 Å². The molecule has 0 spiro atoms. The number of hydrogen-bond acceptors (Lipinski definition) is 11. The first-order valence-electron chi connectivity index (χ1n) is 21.4. The molecule has 8 amide bonds. The van der Waals surface area contributed by atoms with Crippen LogP contribution >= 0.6 is 11.8 Å². The van der Waals surface area contributed by atoms with Crippen LogP contribution in [0.2, 0.25) is 0 Å². The molecule has 0 bridgehead atoms. The second-order valence-electron chi connectivity index (χ2n) is 16.5. The number of likely N-dealkylation sites (tertiary alicyclic amines) is 1. The van der Waals surface area contributed by atoms with E-state index in [4.69, 9.17) is 17.2 Å². The van der Waals surface area contributed by atoms with Gasteiger partial charge in [0.15, 0.2) is 5.96 Å². The second-order valence-corrected chi connectivity index (χ2v) is 17.4. The van der Waals surface area contributed by atoms with Gasteiger partial charge in [-0.2, -0.15) is 11.8 Å². The first kappa shape index (κ1) is 52.5. The van der Waals surface area contributed by atoms with Crippen molar-refractivity contribution in [2.45, 2.75) is 153 Å². The zero-order chi connectivity index (χ0) is 45.6. The van der Waals surface area contributed by atoms with Gasteiger partial charge in [0.2, 0.25) is 47.3 Å². The Morgan fingerprint density at radius 2 is 1.33 bits per heavy atom. The molecular weight excluding hydrogens is 811 g/mol. The lowest BCUT2D eigenvalue weighted by atomic mass is 9.84. The highest BCUT2D eigenvalue weighted by Crippen LogP contribution is 2.27. The number of nitrogens with one attached hydrogen (secondary N) is 6. The molecule has 1 aliphatic heterocycles. The summed E-state index contributed by atoms with van der Waals surface area (Å²) in [7, 11) is 0. The maximum absolute atomic E-state index is 14.2. The van der Waals surface area contributed by atoms with Crippen LogP contribution in [0.5, 0.6) is 0 Å². The van der Waals surface area contributed by atoms with Crippen LogP contribution in [0.4, 0.5) is 0 Å². The van der Waals surface area contributed by atoms with Crippen molar-refractivity contribution in [3.8, 4) is 0 Å². The van der Waals surface area contributed by atoms with Crippen molar-refractivity contribution in [3.05, 3.63) is 0 Å². The first-order chi connectivity index (χ1) is 28.9. The molecule has 0 unspecified atom stereocenters. The number of primary amides is 1. The summed E-state index contributed by atoms with van der Waals surface area (Å²) in [6, 6.07) is -7.73. The van der Waals surface area contributed by atoms with E-state index in [0.29, 0.717) is 31.4 Å². The number of nitrogens with zero attached hydrogens (tertiary/aromatic N) is 2. The van der Waals surface area contributed by atoms with Crippen LogP contribution in [0.15, 0.2) is 4.99 Å². The molecule has 0 radical (unpaired) electrons. The Kier molecular flexibility index (Phi) is 23.5. The summed E-state index contributed by atoms with van der Waals surface area (Å²) in [6.07, 6.45) is 9.60. The normalized spacial score (nSPS) is 18.5. The predicted molar refractivity (Wildman–Crippen MR) is 232 cm³/mol. The van der Waals surface area contributed by atoms with E-state index in [1.54, 1.807) is 0 Å². The summed E-state index contributed by atoms with van der Waals surface area (Å²) < 4.78 is 0. The van der Waals surface area contributed by atoms with Crippen molar-refractivity contribution in [2.24, 2.45) is 34.0 Å². The number of amides is 8. The van der Waals surface area contributed by atoms with Gasteiger partial charge in [0.25, 0.3) is 0 Å². The Morgan fingerprint density at radius 1 is 0.721 bits per heavy atom. The van der Waals surface area contributed by atoms with Crippen LogP contribution in [0, 0.1) is 11.8 Å². The van der Waals surface area contributed by atoms with E-state index in [1.165, 1.54) is 30.5 Å². The maximum atomic E-state index is 14.2. The molecule has 346 valence electrons. The smallest absolute Gasteiger partial charge is 0.245 e. The topological polar surface area (TPSA) is 323 Å². The third-order valence-electron chi connectivity index (χ3n) is 10.8. The molecule has 0 aromatic carbocycles. The van der Waals surface area contributed by atoms with Gasteiger partial charge in [0, 0.05) is 20.0 Å². The number of aliphatic imine (C=N–C) groups is 1. The summed E-state index contributed by atoms with van der Waals surface area (Å²) >= 11 is 1.44. The highest BCUT2D eigenvalue weighted by atomic mass is 32.2. The maximum Gasteiger partial charge on any atom is 0.245 e. The number of hydrogen-bond donors (Lipinski definition) is 10. The van der Waals surface area contributed by atoms with Gasteiger partial charge in [-0.1, -0.05) is 46.0 Å². The number of rotatable bonds is 25. The van der Waals surface area contributed by atoms with Gasteiger partial charge in [-0.15, -0.1) is 0 Å². The van der Waals surface area contributed by atoms with Crippen molar-refractivity contribution in [1.82, 2.24) is 36.8 Å². The zero-order valence-corrected chi connectivity index (χ0v) is 37.3. The molecule has 0 aromatic rings. The first-order valence-corrected chi connectivity index (χ1v) is 22.8. The van der Waals surface area contributed by atoms with E-state index >= 15 is 0 Å². The average Bonchev–Trinajstić information content (AvgIpc) is 3.21. The van der Waals surface area contributed by atoms with Crippen molar-refractivity contribution >= 4 is 65.0 Å². The minimum atomic E-state index is -1.43. The molecule has 1 saturated heterocycles. The molecule has 1 saturated carbocycles. The summed E-state index contributed by atoms with van der Waals surface area (Å²) in [4.78, 5) is 111. The number of piperidine rings is 1. The van der Waals surface area contributed by atoms with E-state index < -0.39 is 90.3 Å². The quantitative estimate of drug-likeness (QED) is 0.0288. The minimum absolute atomic E-state index is 0.0174. The lowest BCUT2D eigenvalue weighted by Crippen LogP contribution is -2.62. The Hall–Kier alpha value is -4.66. The fourth-order valence-electron chi connectivity index (χ4n) is 7.57. The minimum Gasteiger partial charge on any atom is -0.394 e. The van der Waals surface area contributed by atoms with E-state index in [0.717, 1.165) is 32.1 Å². The molecule has 7 atom stereocenters. The van der Waals surface area contributed by atoms with Crippen molar-refractivity contribution in [2.75, 3.05) is 31.7 Å². The Labute approximate surface area is 363 Å². The zero-order valence-electron chi connectivity index (χ0n) is 36.5. The number of guanidine groups is 1. The van der Waals surface area contributed by atoms with Gasteiger partial charge < -0.3 is 59.1 Å². The third-order valence-corrected chi connectivity index (χ3v) is 11.5. The van der Waals surface area contributed by atoms with Crippen molar-refractivity contribution in [3.63, 3.8) is 0 Å². The van der Waals surface area contributed by atoms with Crippen LogP contribution in [0.25, 0.3) is 0 Å². The van der Waals surface area contributed by atoms with Gasteiger partial charge in [-0.25, -0.2) is 0 Å². The van der Waals surface area contributed by atoms with Crippen LogP contribution in [-0.4, -0.2) is 137 Å². The van der Waals surface area contributed by atoms with Gasteiger partial charge in [-0.05, 0) is 82.1 Å². The number of aliphatic hydroxyl groups is 1. The second kappa shape index (κ2) is 27.3. The van der Waals surface area contributed by atoms with Gasteiger partial charge >= 0.3 is 0 Å². The Balaban J connectivity index is 2.21. The predicted octanol–water partition coefficient (Wildman–Crippen LogP) is -1.38.